The van der Waals surface area contributed by atoms with Gasteiger partial charge in [-0.1, -0.05) is 17.7 Å². The molecule has 3 rings (SSSR count). The van der Waals surface area contributed by atoms with E-state index in [2.05, 4.69) is 15.3 Å². The highest BCUT2D eigenvalue weighted by molar-refractivity contribution is 5.93. The van der Waals surface area contributed by atoms with Crippen molar-refractivity contribution in [2.75, 3.05) is 25.0 Å². The fraction of sp³-hybridized carbons (Fsp3) is 0.450. The lowest BCUT2D eigenvalue weighted by molar-refractivity contribution is -0.123. The molecule has 7 heteroatoms. The molecule has 0 saturated carbocycles. The Bertz CT molecular complexity index is 833. The topological polar surface area (TPSA) is 93.2 Å². The molecule has 1 saturated heterocycles. The first kappa shape index (κ1) is 19.1. The van der Waals surface area contributed by atoms with Gasteiger partial charge in [0.2, 0.25) is 11.8 Å². The molecule has 1 aromatic carbocycles. The van der Waals surface area contributed by atoms with E-state index in [-0.39, 0.29) is 17.7 Å². The molecule has 1 aromatic heterocycles. The molecule has 1 fully saturated rings. The Labute approximate surface area is 159 Å². The van der Waals surface area contributed by atoms with Gasteiger partial charge in [0, 0.05) is 5.92 Å². The molecule has 0 aliphatic carbocycles. The van der Waals surface area contributed by atoms with E-state index in [1.54, 1.807) is 0 Å². The standard InChI is InChI=1S/C20H27N5O2/c1-13-4-6-17(7-5-13)25-15(3)19(14(2)23-25)22-18(26)12-24-10-8-16(9-11-24)20(21)27/h4-7,16H,8-12H2,1-3H3,(H2,21,27)(H,22,26). The highest BCUT2D eigenvalue weighted by atomic mass is 16.2. The number of hydrogen-bond donors (Lipinski definition) is 2. The number of carbonyl (C=O) groups excluding carboxylic acids is 2. The Kier molecular flexibility index (Phi) is 5.60. The van der Waals surface area contributed by atoms with Crippen LogP contribution in [0.1, 0.15) is 29.8 Å². The minimum absolute atomic E-state index is 0.0674. The molecular formula is C20H27N5O2. The van der Waals surface area contributed by atoms with E-state index in [0.717, 1.165) is 22.8 Å². The van der Waals surface area contributed by atoms with Crippen molar-refractivity contribution in [3.05, 3.63) is 41.2 Å². The fourth-order valence-corrected chi connectivity index (χ4v) is 3.52. The van der Waals surface area contributed by atoms with Crippen molar-refractivity contribution in [3.8, 4) is 5.69 Å². The average molecular weight is 369 g/mol. The first-order valence-electron chi connectivity index (χ1n) is 9.30. The van der Waals surface area contributed by atoms with Crippen LogP contribution < -0.4 is 11.1 Å². The summed E-state index contributed by atoms with van der Waals surface area (Å²) in [5.74, 6) is -0.377. The zero-order valence-electron chi connectivity index (χ0n) is 16.2. The highest BCUT2D eigenvalue weighted by Gasteiger charge is 2.24. The highest BCUT2D eigenvalue weighted by Crippen LogP contribution is 2.23. The Balaban J connectivity index is 1.65. The van der Waals surface area contributed by atoms with Crippen LogP contribution in [-0.2, 0) is 9.59 Å². The number of carbonyl (C=O) groups is 2. The summed E-state index contributed by atoms with van der Waals surface area (Å²) >= 11 is 0. The second kappa shape index (κ2) is 7.92. The summed E-state index contributed by atoms with van der Waals surface area (Å²) in [5.41, 5.74) is 9.96. The summed E-state index contributed by atoms with van der Waals surface area (Å²) in [6, 6.07) is 8.12. The minimum atomic E-state index is -0.242. The SMILES string of the molecule is Cc1ccc(-n2nc(C)c(NC(=O)CN3CCC(C(N)=O)CC3)c2C)cc1. The van der Waals surface area contributed by atoms with E-state index in [9.17, 15) is 9.59 Å². The summed E-state index contributed by atoms with van der Waals surface area (Å²) in [7, 11) is 0. The summed E-state index contributed by atoms with van der Waals surface area (Å²) < 4.78 is 1.85. The Morgan fingerprint density at radius 3 is 2.37 bits per heavy atom. The zero-order valence-corrected chi connectivity index (χ0v) is 16.2. The van der Waals surface area contributed by atoms with Gasteiger partial charge in [0.05, 0.1) is 29.3 Å². The van der Waals surface area contributed by atoms with Gasteiger partial charge in [-0.3, -0.25) is 14.5 Å². The summed E-state index contributed by atoms with van der Waals surface area (Å²) in [5, 5.41) is 7.58. The molecule has 0 atom stereocenters. The van der Waals surface area contributed by atoms with Gasteiger partial charge < -0.3 is 11.1 Å². The molecule has 2 heterocycles. The third-order valence-corrected chi connectivity index (χ3v) is 5.19. The molecule has 2 aromatic rings. The Morgan fingerprint density at radius 1 is 1.15 bits per heavy atom. The summed E-state index contributed by atoms with van der Waals surface area (Å²) in [6.45, 7) is 7.62. The molecule has 3 N–H and O–H groups in total. The van der Waals surface area contributed by atoms with Crippen molar-refractivity contribution in [3.63, 3.8) is 0 Å². The van der Waals surface area contributed by atoms with Crippen LogP contribution in [0.2, 0.25) is 0 Å². The van der Waals surface area contributed by atoms with E-state index in [4.69, 9.17) is 5.73 Å². The molecule has 2 amide bonds. The largest absolute Gasteiger partial charge is 0.369 e. The van der Waals surface area contributed by atoms with Crippen molar-refractivity contribution in [2.24, 2.45) is 11.7 Å². The molecule has 0 unspecified atom stereocenters. The first-order valence-corrected chi connectivity index (χ1v) is 9.30. The van der Waals surface area contributed by atoms with E-state index < -0.39 is 0 Å². The number of anilines is 1. The van der Waals surface area contributed by atoms with Gasteiger partial charge in [-0.2, -0.15) is 5.10 Å². The molecule has 144 valence electrons. The van der Waals surface area contributed by atoms with Crippen LogP contribution in [-0.4, -0.2) is 46.1 Å². The van der Waals surface area contributed by atoms with Crippen LogP contribution in [0.25, 0.3) is 5.69 Å². The van der Waals surface area contributed by atoms with Gasteiger partial charge in [-0.25, -0.2) is 4.68 Å². The molecule has 0 spiro atoms. The lowest BCUT2D eigenvalue weighted by Crippen LogP contribution is -2.42. The maximum absolute atomic E-state index is 12.5. The Morgan fingerprint density at radius 2 is 1.78 bits per heavy atom. The lowest BCUT2D eigenvalue weighted by atomic mass is 9.96. The predicted molar refractivity (Wildman–Crippen MR) is 105 cm³/mol. The maximum atomic E-state index is 12.5. The zero-order chi connectivity index (χ0) is 19.6. The number of aryl methyl sites for hydroxylation is 2. The number of primary amides is 1. The van der Waals surface area contributed by atoms with E-state index in [0.29, 0.717) is 32.5 Å². The molecule has 1 aliphatic rings. The van der Waals surface area contributed by atoms with Crippen LogP contribution in [0, 0.1) is 26.7 Å². The van der Waals surface area contributed by atoms with Gasteiger partial charge in [-0.15, -0.1) is 0 Å². The van der Waals surface area contributed by atoms with Gasteiger partial charge in [0.15, 0.2) is 0 Å². The number of aromatic nitrogens is 2. The number of nitrogens with two attached hydrogens (primary N) is 1. The predicted octanol–water partition coefficient (Wildman–Crippen LogP) is 1.93. The second-order valence-corrected chi connectivity index (χ2v) is 7.29. The maximum Gasteiger partial charge on any atom is 0.238 e. The van der Waals surface area contributed by atoms with Crippen molar-refractivity contribution in [1.29, 1.82) is 0 Å². The number of amides is 2. The Hall–Kier alpha value is -2.67. The van der Waals surface area contributed by atoms with Gasteiger partial charge in [0.25, 0.3) is 0 Å². The van der Waals surface area contributed by atoms with E-state index in [1.165, 1.54) is 5.56 Å². The smallest absolute Gasteiger partial charge is 0.238 e. The lowest BCUT2D eigenvalue weighted by Gasteiger charge is -2.29. The van der Waals surface area contributed by atoms with Crippen LogP contribution >= 0.6 is 0 Å². The van der Waals surface area contributed by atoms with Gasteiger partial charge in [-0.05, 0) is 58.8 Å². The van der Waals surface area contributed by atoms with Crippen molar-refractivity contribution in [2.45, 2.75) is 33.6 Å². The van der Waals surface area contributed by atoms with Crippen LogP contribution in [0.4, 0.5) is 5.69 Å². The summed E-state index contributed by atoms with van der Waals surface area (Å²) in [4.78, 5) is 25.8. The fourth-order valence-electron chi connectivity index (χ4n) is 3.52. The molecule has 0 radical (unpaired) electrons. The van der Waals surface area contributed by atoms with E-state index >= 15 is 0 Å². The number of benzene rings is 1. The third-order valence-electron chi connectivity index (χ3n) is 5.19. The van der Waals surface area contributed by atoms with Crippen LogP contribution in [0.5, 0.6) is 0 Å². The van der Waals surface area contributed by atoms with Gasteiger partial charge in [0.1, 0.15) is 0 Å². The quantitative estimate of drug-likeness (QED) is 0.842. The van der Waals surface area contributed by atoms with Crippen molar-refractivity contribution < 1.29 is 9.59 Å². The number of nitrogens with zero attached hydrogens (tertiary/aromatic N) is 3. The number of rotatable bonds is 5. The van der Waals surface area contributed by atoms with Crippen molar-refractivity contribution in [1.82, 2.24) is 14.7 Å². The number of nitrogens with one attached hydrogen (secondary N) is 1. The summed E-state index contributed by atoms with van der Waals surface area (Å²) in [6.07, 6.45) is 1.43. The molecule has 1 aliphatic heterocycles. The molecular weight excluding hydrogens is 342 g/mol. The van der Waals surface area contributed by atoms with Crippen molar-refractivity contribution >= 4 is 17.5 Å². The number of hydrogen-bond acceptors (Lipinski definition) is 4. The molecule has 7 nitrogen and oxygen atoms in total. The second-order valence-electron chi connectivity index (χ2n) is 7.29. The molecule has 27 heavy (non-hydrogen) atoms. The number of piperidine rings is 1. The van der Waals surface area contributed by atoms with E-state index in [1.807, 2.05) is 49.7 Å². The van der Waals surface area contributed by atoms with Crippen LogP contribution in [0.15, 0.2) is 24.3 Å². The number of likely N-dealkylation sites (tertiary alicyclic amines) is 1. The normalized spacial score (nSPS) is 15.7. The third kappa shape index (κ3) is 4.36. The average Bonchev–Trinajstić information content (AvgIpc) is 2.91. The first-order chi connectivity index (χ1) is 12.8. The van der Waals surface area contributed by atoms with Gasteiger partial charge >= 0.3 is 0 Å². The minimum Gasteiger partial charge on any atom is -0.369 e. The van der Waals surface area contributed by atoms with Crippen LogP contribution in [0.3, 0.4) is 0 Å². The molecule has 0 bridgehead atoms. The monoisotopic (exact) mass is 369 g/mol.